The van der Waals surface area contributed by atoms with E-state index in [1.54, 1.807) is 32.9 Å². The first-order chi connectivity index (χ1) is 7.50. The Bertz CT molecular complexity index is 377. The van der Waals surface area contributed by atoms with Gasteiger partial charge < -0.3 is 10.1 Å². The highest BCUT2D eigenvalue weighted by atomic mass is 19.1. The van der Waals surface area contributed by atoms with Crippen molar-refractivity contribution in [3.05, 3.63) is 29.6 Å². The predicted octanol–water partition coefficient (Wildman–Crippen LogP) is 2.50. The van der Waals surface area contributed by atoms with E-state index >= 15 is 0 Å². The minimum Gasteiger partial charge on any atom is -0.462 e. The van der Waals surface area contributed by atoms with Gasteiger partial charge in [0.05, 0.1) is 6.10 Å². The number of halogens is 1. The molecule has 0 aliphatic heterocycles. The average molecular weight is 225 g/mol. The highest BCUT2D eigenvalue weighted by Crippen LogP contribution is 2.16. The van der Waals surface area contributed by atoms with E-state index in [9.17, 15) is 9.18 Å². The lowest BCUT2D eigenvalue weighted by Gasteiger charge is -2.11. The third-order valence-corrected chi connectivity index (χ3v) is 2.06. The van der Waals surface area contributed by atoms with Gasteiger partial charge in [-0.25, -0.2) is 4.39 Å². The first kappa shape index (κ1) is 12.5. The van der Waals surface area contributed by atoms with Crippen molar-refractivity contribution in [1.29, 1.82) is 0 Å². The zero-order chi connectivity index (χ0) is 12.1. The van der Waals surface area contributed by atoms with Crippen molar-refractivity contribution in [3.63, 3.8) is 0 Å². The maximum atomic E-state index is 13.2. The molecule has 16 heavy (non-hydrogen) atoms. The van der Waals surface area contributed by atoms with Crippen LogP contribution in [0.15, 0.2) is 18.2 Å². The number of carbonyl (C=O) groups excluding carboxylic acids is 1. The van der Waals surface area contributed by atoms with E-state index in [-0.39, 0.29) is 24.4 Å². The smallest absolute Gasteiger partial charge is 0.325 e. The molecule has 0 unspecified atom stereocenters. The van der Waals surface area contributed by atoms with Crippen molar-refractivity contribution in [2.24, 2.45) is 0 Å². The van der Waals surface area contributed by atoms with Crippen LogP contribution < -0.4 is 5.32 Å². The van der Waals surface area contributed by atoms with Crippen LogP contribution in [0, 0.1) is 12.7 Å². The van der Waals surface area contributed by atoms with Gasteiger partial charge in [0.25, 0.3) is 0 Å². The monoisotopic (exact) mass is 225 g/mol. The number of anilines is 1. The highest BCUT2D eigenvalue weighted by molar-refractivity contribution is 5.75. The molecule has 0 fully saturated rings. The summed E-state index contributed by atoms with van der Waals surface area (Å²) in [6, 6.07) is 4.70. The molecule has 0 spiro atoms. The molecule has 0 saturated carbocycles. The maximum Gasteiger partial charge on any atom is 0.325 e. The van der Waals surface area contributed by atoms with Gasteiger partial charge in [-0.2, -0.15) is 0 Å². The van der Waals surface area contributed by atoms with E-state index in [2.05, 4.69) is 5.32 Å². The molecule has 1 aromatic carbocycles. The summed E-state index contributed by atoms with van der Waals surface area (Å²) in [4.78, 5) is 11.2. The van der Waals surface area contributed by atoms with Crippen molar-refractivity contribution in [1.82, 2.24) is 0 Å². The zero-order valence-electron chi connectivity index (χ0n) is 9.71. The van der Waals surface area contributed by atoms with Crippen LogP contribution in [0.5, 0.6) is 0 Å². The van der Waals surface area contributed by atoms with Gasteiger partial charge >= 0.3 is 5.97 Å². The molecule has 0 aliphatic rings. The molecular formula is C12H16FNO2. The molecule has 0 saturated heterocycles. The second kappa shape index (κ2) is 5.49. The predicted molar refractivity (Wildman–Crippen MR) is 60.9 cm³/mol. The van der Waals surface area contributed by atoms with Gasteiger partial charge in [0.2, 0.25) is 0 Å². The van der Waals surface area contributed by atoms with Crippen molar-refractivity contribution < 1.29 is 13.9 Å². The summed E-state index contributed by atoms with van der Waals surface area (Å²) in [5.74, 6) is -0.638. The molecule has 0 heterocycles. The summed E-state index contributed by atoms with van der Waals surface area (Å²) >= 11 is 0. The number of rotatable bonds is 4. The third-order valence-electron chi connectivity index (χ3n) is 2.06. The molecule has 0 radical (unpaired) electrons. The second-order valence-corrected chi connectivity index (χ2v) is 3.80. The van der Waals surface area contributed by atoms with Crippen LogP contribution in [0.3, 0.4) is 0 Å². The Morgan fingerprint density at radius 3 is 2.81 bits per heavy atom. The Morgan fingerprint density at radius 2 is 2.19 bits per heavy atom. The fraction of sp³-hybridized carbons (Fsp3) is 0.417. The normalized spacial score (nSPS) is 10.3. The number of hydrogen-bond acceptors (Lipinski definition) is 3. The van der Waals surface area contributed by atoms with Crippen molar-refractivity contribution in [2.75, 3.05) is 11.9 Å². The second-order valence-electron chi connectivity index (χ2n) is 3.80. The first-order valence-electron chi connectivity index (χ1n) is 5.19. The zero-order valence-corrected chi connectivity index (χ0v) is 9.71. The molecule has 1 aromatic rings. The van der Waals surface area contributed by atoms with E-state index in [4.69, 9.17) is 4.74 Å². The molecule has 1 rings (SSSR count). The molecule has 0 aromatic heterocycles. The van der Waals surface area contributed by atoms with Gasteiger partial charge in [-0.15, -0.1) is 0 Å². The fourth-order valence-electron chi connectivity index (χ4n) is 1.27. The third kappa shape index (κ3) is 3.53. The standard InChI is InChI=1S/C12H16FNO2/c1-8(2)16-12(15)7-14-11-6-4-5-10(13)9(11)3/h4-6,8,14H,7H2,1-3H3. The summed E-state index contributed by atoms with van der Waals surface area (Å²) in [5, 5.41) is 2.84. The van der Waals surface area contributed by atoms with Crippen LogP contribution in [0.1, 0.15) is 19.4 Å². The average Bonchev–Trinajstić information content (AvgIpc) is 2.19. The van der Waals surface area contributed by atoms with Gasteiger partial charge in [-0.3, -0.25) is 4.79 Å². The Labute approximate surface area is 94.6 Å². The topological polar surface area (TPSA) is 38.3 Å². The summed E-state index contributed by atoms with van der Waals surface area (Å²) in [7, 11) is 0. The van der Waals surface area contributed by atoms with Crippen LogP contribution in [-0.4, -0.2) is 18.6 Å². The lowest BCUT2D eigenvalue weighted by Crippen LogP contribution is -2.20. The SMILES string of the molecule is Cc1c(F)cccc1NCC(=O)OC(C)C. The molecular weight excluding hydrogens is 209 g/mol. The van der Waals surface area contributed by atoms with E-state index in [0.29, 0.717) is 11.3 Å². The highest BCUT2D eigenvalue weighted by Gasteiger charge is 2.07. The van der Waals surface area contributed by atoms with Gasteiger partial charge in [0.1, 0.15) is 12.4 Å². The number of carbonyl (C=O) groups is 1. The number of ether oxygens (including phenoxy) is 1. The van der Waals surface area contributed by atoms with Crippen molar-refractivity contribution in [3.8, 4) is 0 Å². The van der Waals surface area contributed by atoms with Crippen LogP contribution >= 0.6 is 0 Å². The molecule has 3 nitrogen and oxygen atoms in total. The van der Waals surface area contributed by atoms with E-state index in [1.165, 1.54) is 6.07 Å². The van der Waals surface area contributed by atoms with Gasteiger partial charge in [-0.1, -0.05) is 6.07 Å². The lowest BCUT2D eigenvalue weighted by atomic mass is 10.2. The van der Waals surface area contributed by atoms with E-state index in [0.717, 1.165) is 0 Å². The maximum absolute atomic E-state index is 13.2. The Morgan fingerprint density at radius 1 is 1.50 bits per heavy atom. The molecule has 0 bridgehead atoms. The van der Waals surface area contributed by atoms with Gasteiger partial charge in [0, 0.05) is 11.3 Å². The number of benzene rings is 1. The summed E-state index contributed by atoms with van der Waals surface area (Å²) < 4.78 is 18.1. The van der Waals surface area contributed by atoms with Crippen molar-refractivity contribution in [2.45, 2.75) is 26.9 Å². The van der Waals surface area contributed by atoms with Crippen molar-refractivity contribution >= 4 is 11.7 Å². The molecule has 0 atom stereocenters. The van der Waals surface area contributed by atoms with Gasteiger partial charge in [-0.05, 0) is 32.9 Å². The number of hydrogen-bond donors (Lipinski definition) is 1. The summed E-state index contributed by atoms with van der Waals surface area (Å²) in [6.07, 6.45) is -0.136. The first-order valence-corrected chi connectivity index (χ1v) is 5.19. The van der Waals surface area contributed by atoms with Crippen LogP contribution in [0.4, 0.5) is 10.1 Å². The van der Waals surface area contributed by atoms with E-state index in [1.807, 2.05) is 0 Å². The molecule has 1 N–H and O–H groups in total. The van der Waals surface area contributed by atoms with Crippen LogP contribution in [0.25, 0.3) is 0 Å². The molecule has 0 aliphatic carbocycles. The Kier molecular flexibility index (Phi) is 4.28. The molecule has 4 heteroatoms. The quantitative estimate of drug-likeness (QED) is 0.800. The Hall–Kier alpha value is -1.58. The fourth-order valence-corrected chi connectivity index (χ4v) is 1.27. The molecule has 0 amide bonds. The van der Waals surface area contributed by atoms with Crippen LogP contribution in [0.2, 0.25) is 0 Å². The van der Waals surface area contributed by atoms with Crippen LogP contribution in [-0.2, 0) is 9.53 Å². The number of nitrogens with one attached hydrogen (secondary N) is 1. The largest absolute Gasteiger partial charge is 0.462 e. The summed E-state index contributed by atoms with van der Waals surface area (Å²) in [6.45, 7) is 5.27. The molecule has 88 valence electrons. The Balaban J connectivity index is 2.55. The summed E-state index contributed by atoms with van der Waals surface area (Å²) in [5.41, 5.74) is 1.11. The minimum absolute atomic E-state index is 0.0441. The lowest BCUT2D eigenvalue weighted by molar-refractivity contribution is -0.145. The minimum atomic E-state index is -0.348. The number of esters is 1. The van der Waals surface area contributed by atoms with Gasteiger partial charge in [0.15, 0.2) is 0 Å². The van der Waals surface area contributed by atoms with E-state index < -0.39 is 0 Å².